The molecule has 5 rings (SSSR count). The van der Waals surface area contributed by atoms with E-state index in [1.807, 2.05) is 34.1 Å². The smallest absolute Gasteiger partial charge is 0.237 e. The number of hydrogen-bond donors (Lipinski definition) is 0. The summed E-state index contributed by atoms with van der Waals surface area (Å²) in [5, 5.41) is 0. The molecule has 246 valence electrons. The third-order valence-corrected chi connectivity index (χ3v) is 9.77. The maximum Gasteiger partial charge on any atom is 0.237 e. The first kappa shape index (κ1) is 33.7. The van der Waals surface area contributed by atoms with Crippen molar-refractivity contribution >= 4 is 17.5 Å². The first-order chi connectivity index (χ1) is 22.3. The lowest BCUT2D eigenvalue weighted by molar-refractivity contribution is -0.133. The van der Waals surface area contributed by atoms with Gasteiger partial charge in [0, 0.05) is 38.8 Å². The Kier molecular flexibility index (Phi) is 11.9. The van der Waals surface area contributed by atoms with Crippen molar-refractivity contribution in [3.05, 3.63) is 95.1 Å². The molecule has 0 unspecified atom stereocenters. The minimum atomic E-state index is 0.0762. The highest BCUT2D eigenvalue weighted by Crippen LogP contribution is 2.29. The quantitative estimate of drug-likeness (QED) is 0.309. The van der Waals surface area contributed by atoms with Gasteiger partial charge in [0.15, 0.2) is 0 Å². The van der Waals surface area contributed by atoms with Gasteiger partial charge in [0.1, 0.15) is 5.75 Å². The van der Waals surface area contributed by atoms with Gasteiger partial charge in [-0.05, 0) is 99.8 Å². The Bertz CT molecular complexity index is 1420. The molecule has 0 aliphatic carbocycles. The van der Waals surface area contributed by atoms with Crippen molar-refractivity contribution in [2.24, 2.45) is 5.92 Å². The highest BCUT2D eigenvalue weighted by Gasteiger charge is 2.28. The van der Waals surface area contributed by atoms with Crippen LogP contribution in [0.4, 0.5) is 5.69 Å². The third-order valence-electron chi connectivity index (χ3n) is 9.77. The van der Waals surface area contributed by atoms with E-state index < -0.39 is 0 Å². The van der Waals surface area contributed by atoms with Crippen molar-refractivity contribution < 1.29 is 14.3 Å². The lowest BCUT2D eigenvalue weighted by Gasteiger charge is -2.34. The van der Waals surface area contributed by atoms with Crippen LogP contribution in [0.5, 0.6) is 5.75 Å². The summed E-state index contributed by atoms with van der Waals surface area (Å²) >= 11 is 0. The number of methoxy groups -OCH3 is 1. The largest absolute Gasteiger partial charge is 0.497 e. The van der Waals surface area contributed by atoms with E-state index in [0.29, 0.717) is 44.6 Å². The van der Waals surface area contributed by atoms with Crippen LogP contribution in [0.15, 0.2) is 72.8 Å². The van der Waals surface area contributed by atoms with Gasteiger partial charge in [-0.3, -0.25) is 19.4 Å². The first-order valence-electron chi connectivity index (χ1n) is 17.1. The minimum absolute atomic E-state index is 0.0762. The molecule has 0 saturated carbocycles. The second kappa shape index (κ2) is 16.2. The Labute approximate surface area is 276 Å². The van der Waals surface area contributed by atoms with Gasteiger partial charge in [-0.15, -0.1) is 0 Å². The molecule has 1 saturated heterocycles. The van der Waals surface area contributed by atoms with Crippen LogP contribution in [0.1, 0.15) is 55.4 Å². The average Bonchev–Trinajstić information content (AvgIpc) is 3.09. The predicted molar refractivity (Wildman–Crippen MR) is 186 cm³/mol. The van der Waals surface area contributed by atoms with Gasteiger partial charge >= 0.3 is 0 Å². The highest BCUT2D eigenvalue weighted by atomic mass is 16.5. The minimum Gasteiger partial charge on any atom is -0.497 e. The maximum atomic E-state index is 14.0. The van der Waals surface area contributed by atoms with Crippen LogP contribution < -0.4 is 9.64 Å². The number of aryl methyl sites for hydroxylation is 1. The lowest BCUT2D eigenvalue weighted by atomic mass is 9.90. The molecule has 7 heteroatoms. The molecule has 0 bridgehead atoms. The number of likely N-dealkylation sites (tertiary alicyclic amines) is 1. The zero-order valence-corrected chi connectivity index (χ0v) is 28.3. The molecule has 0 radical (unpaired) electrons. The molecule has 2 aliphatic heterocycles. The van der Waals surface area contributed by atoms with Crippen LogP contribution in [0, 0.1) is 12.8 Å². The zero-order chi connectivity index (χ0) is 32.5. The number of ether oxygens (including phenoxy) is 1. The molecule has 0 spiro atoms. The fourth-order valence-electron chi connectivity index (χ4n) is 7.00. The summed E-state index contributed by atoms with van der Waals surface area (Å²) in [6.07, 6.45) is 4.54. The molecule has 2 aliphatic rings. The SMILES string of the molecule is COc1ccc(CC(=O)N2CCCN(C(C)C)CCN(C(=O)CN3CCC(Cc4ccccc4)CC3)Cc3cccc(C)c32)cc1. The molecular formula is C39H52N4O3. The number of rotatable bonds is 8. The Morgan fingerprint density at radius 3 is 2.24 bits per heavy atom. The molecular weight excluding hydrogens is 572 g/mol. The second-order valence-corrected chi connectivity index (χ2v) is 13.4. The molecule has 2 heterocycles. The summed E-state index contributed by atoms with van der Waals surface area (Å²) in [4.78, 5) is 36.9. The Balaban J connectivity index is 1.33. The summed E-state index contributed by atoms with van der Waals surface area (Å²) < 4.78 is 5.32. The molecule has 0 N–H and O–H groups in total. The van der Waals surface area contributed by atoms with Gasteiger partial charge in [0.25, 0.3) is 0 Å². The summed E-state index contributed by atoms with van der Waals surface area (Å²) in [5.41, 5.74) is 5.42. The topological polar surface area (TPSA) is 56.3 Å². The molecule has 46 heavy (non-hydrogen) atoms. The van der Waals surface area contributed by atoms with Gasteiger partial charge in [0.2, 0.25) is 11.8 Å². The number of hydrogen-bond acceptors (Lipinski definition) is 5. The summed E-state index contributed by atoms with van der Waals surface area (Å²) in [5.74, 6) is 1.70. The van der Waals surface area contributed by atoms with E-state index in [0.717, 1.165) is 80.0 Å². The van der Waals surface area contributed by atoms with Crippen molar-refractivity contribution in [3.8, 4) is 5.75 Å². The van der Waals surface area contributed by atoms with Crippen LogP contribution >= 0.6 is 0 Å². The number of piperidine rings is 1. The highest BCUT2D eigenvalue weighted by molar-refractivity contribution is 5.96. The fraction of sp³-hybridized carbons (Fsp3) is 0.487. The average molecular weight is 625 g/mol. The van der Waals surface area contributed by atoms with E-state index in [1.165, 1.54) is 5.56 Å². The number of para-hydroxylation sites is 1. The van der Waals surface area contributed by atoms with Gasteiger partial charge in [-0.2, -0.15) is 0 Å². The maximum absolute atomic E-state index is 14.0. The van der Waals surface area contributed by atoms with Gasteiger partial charge < -0.3 is 14.5 Å². The fourth-order valence-corrected chi connectivity index (χ4v) is 7.00. The van der Waals surface area contributed by atoms with Gasteiger partial charge in [-0.25, -0.2) is 0 Å². The molecule has 0 aromatic heterocycles. The summed E-state index contributed by atoms with van der Waals surface area (Å²) in [6, 6.07) is 25.1. The Morgan fingerprint density at radius 1 is 0.804 bits per heavy atom. The lowest BCUT2D eigenvalue weighted by Crippen LogP contribution is -2.46. The molecule has 1 fully saturated rings. The Hall–Kier alpha value is -3.68. The number of carbonyl (C=O) groups is 2. The van der Waals surface area contributed by atoms with Crippen LogP contribution in [0.25, 0.3) is 0 Å². The molecule has 7 nitrogen and oxygen atoms in total. The van der Waals surface area contributed by atoms with Crippen molar-refractivity contribution in [3.63, 3.8) is 0 Å². The Morgan fingerprint density at radius 2 is 1.54 bits per heavy atom. The standard InChI is InChI=1S/C39H52N4O3/c1-30(2)41-20-9-21-43(37(44)27-33-14-16-36(46-4)17-15-33)39-31(3)10-8-13-35(39)28-42(25-24-41)38(45)29-40-22-18-34(19-23-40)26-32-11-6-5-7-12-32/h5-8,10-17,30,34H,9,18-29H2,1-4H3. The van der Waals surface area contributed by atoms with E-state index >= 15 is 0 Å². The van der Waals surface area contributed by atoms with Crippen LogP contribution in [-0.2, 0) is 29.0 Å². The van der Waals surface area contributed by atoms with Gasteiger partial charge in [-0.1, -0.05) is 60.7 Å². The van der Waals surface area contributed by atoms with Gasteiger partial charge in [0.05, 0.1) is 25.8 Å². The van der Waals surface area contributed by atoms with E-state index in [2.05, 4.69) is 79.1 Å². The summed E-state index contributed by atoms with van der Waals surface area (Å²) in [6.45, 7) is 12.4. The van der Waals surface area contributed by atoms with Crippen LogP contribution in [0.2, 0.25) is 0 Å². The van der Waals surface area contributed by atoms with Crippen molar-refractivity contribution in [2.45, 2.75) is 65.5 Å². The normalized spacial score (nSPS) is 17.4. The zero-order valence-electron chi connectivity index (χ0n) is 28.3. The molecule has 3 aromatic carbocycles. The predicted octanol–water partition coefficient (Wildman–Crippen LogP) is 5.98. The van der Waals surface area contributed by atoms with Crippen LogP contribution in [0.3, 0.4) is 0 Å². The first-order valence-corrected chi connectivity index (χ1v) is 17.1. The van der Waals surface area contributed by atoms with E-state index in [4.69, 9.17) is 4.74 Å². The van der Waals surface area contributed by atoms with E-state index in [9.17, 15) is 9.59 Å². The van der Waals surface area contributed by atoms with E-state index in [-0.39, 0.29) is 11.8 Å². The molecule has 3 aromatic rings. The molecule has 0 atom stereocenters. The number of fused-ring (bicyclic) bond motifs is 1. The number of carbonyl (C=O) groups excluding carboxylic acids is 2. The van der Waals surface area contributed by atoms with Crippen molar-refractivity contribution in [1.29, 1.82) is 0 Å². The second-order valence-electron chi connectivity index (χ2n) is 13.4. The number of benzene rings is 3. The monoisotopic (exact) mass is 624 g/mol. The van der Waals surface area contributed by atoms with Crippen molar-refractivity contribution in [2.75, 3.05) is 57.8 Å². The number of anilines is 1. The number of amides is 2. The summed E-state index contributed by atoms with van der Waals surface area (Å²) in [7, 11) is 1.65. The van der Waals surface area contributed by atoms with E-state index in [1.54, 1.807) is 7.11 Å². The molecule has 2 amide bonds. The third kappa shape index (κ3) is 8.98. The number of nitrogens with zero attached hydrogens (tertiary/aromatic N) is 4. The van der Waals surface area contributed by atoms with Crippen molar-refractivity contribution in [1.82, 2.24) is 14.7 Å². The van der Waals surface area contributed by atoms with Crippen LogP contribution in [-0.4, -0.2) is 85.5 Å².